The zero-order chi connectivity index (χ0) is 22.0. The van der Waals surface area contributed by atoms with Crippen LogP contribution in [0, 0.1) is 11.6 Å². The van der Waals surface area contributed by atoms with Crippen LogP contribution in [0.5, 0.6) is 11.5 Å². The number of halogens is 2. The molecular weight excluding hydrogens is 430 g/mol. The summed E-state index contributed by atoms with van der Waals surface area (Å²) in [6, 6.07) is 12.6. The maximum atomic E-state index is 13.5. The topological polar surface area (TPSA) is 93.7 Å². The molecule has 0 bridgehead atoms. The zero-order valence-corrected chi connectivity index (χ0v) is 16.7. The van der Waals surface area contributed by atoms with Crippen molar-refractivity contribution < 1.29 is 31.5 Å². The van der Waals surface area contributed by atoms with Crippen LogP contribution in [-0.2, 0) is 10.0 Å². The van der Waals surface area contributed by atoms with Gasteiger partial charge in [-0.3, -0.25) is 9.52 Å². The second-order valence-corrected chi connectivity index (χ2v) is 8.25. The van der Waals surface area contributed by atoms with Crippen LogP contribution < -0.4 is 19.5 Å². The molecular formula is C21H16F2N2O5S. The van der Waals surface area contributed by atoms with Crippen LogP contribution in [0.4, 0.5) is 20.2 Å². The first-order valence-corrected chi connectivity index (χ1v) is 10.6. The van der Waals surface area contributed by atoms with Gasteiger partial charge in [-0.2, -0.15) is 0 Å². The number of fused-ring (bicyclic) bond motifs is 1. The molecule has 0 unspecified atom stereocenters. The van der Waals surface area contributed by atoms with Crippen molar-refractivity contribution in [2.75, 3.05) is 23.3 Å². The molecule has 0 saturated carbocycles. The summed E-state index contributed by atoms with van der Waals surface area (Å²) in [6.07, 6.45) is 0. The third-order valence-electron chi connectivity index (χ3n) is 4.36. The van der Waals surface area contributed by atoms with Crippen molar-refractivity contribution >= 4 is 27.3 Å². The second kappa shape index (κ2) is 8.23. The smallest absolute Gasteiger partial charge is 0.262 e. The first-order valence-electron chi connectivity index (χ1n) is 9.11. The molecule has 31 heavy (non-hydrogen) atoms. The van der Waals surface area contributed by atoms with Crippen molar-refractivity contribution in [1.29, 1.82) is 0 Å². The maximum absolute atomic E-state index is 13.5. The Balaban J connectivity index is 1.59. The molecule has 0 aromatic heterocycles. The molecule has 2 N–H and O–H groups in total. The van der Waals surface area contributed by atoms with E-state index >= 15 is 0 Å². The molecule has 1 heterocycles. The summed E-state index contributed by atoms with van der Waals surface area (Å²) >= 11 is 0. The van der Waals surface area contributed by atoms with E-state index in [0.29, 0.717) is 48.6 Å². The molecule has 1 aliphatic heterocycles. The van der Waals surface area contributed by atoms with E-state index in [9.17, 15) is 22.0 Å². The summed E-state index contributed by atoms with van der Waals surface area (Å²) in [7, 11) is -4.35. The second-order valence-electron chi connectivity index (χ2n) is 6.57. The lowest BCUT2D eigenvalue weighted by Gasteiger charge is -2.19. The highest BCUT2D eigenvalue weighted by Crippen LogP contribution is 2.33. The van der Waals surface area contributed by atoms with Gasteiger partial charge in [0.05, 0.1) is 16.1 Å². The Morgan fingerprint density at radius 3 is 2.29 bits per heavy atom. The lowest BCUT2D eigenvalue weighted by Crippen LogP contribution is -2.19. The van der Waals surface area contributed by atoms with Crippen LogP contribution in [0.15, 0.2) is 65.6 Å². The molecule has 0 atom stereocenters. The Bertz CT molecular complexity index is 1240. The van der Waals surface area contributed by atoms with Gasteiger partial charge in [0, 0.05) is 17.8 Å². The average molecular weight is 446 g/mol. The molecule has 0 spiro atoms. The first kappa shape index (κ1) is 20.6. The largest absolute Gasteiger partial charge is 0.486 e. The van der Waals surface area contributed by atoms with Gasteiger partial charge in [-0.25, -0.2) is 17.2 Å². The molecule has 1 amide bonds. The van der Waals surface area contributed by atoms with E-state index in [2.05, 4.69) is 10.0 Å². The minimum absolute atomic E-state index is 0.0119. The highest BCUT2D eigenvalue weighted by Gasteiger charge is 2.21. The molecule has 3 aromatic carbocycles. The molecule has 0 radical (unpaired) electrons. The number of hydrogen-bond donors (Lipinski definition) is 2. The predicted octanol–water partition coefficient (Wildman–Crippen LogP) is 3.79. The maximum Gasteiger partial charge on any atom is 0.262 e. The number of hydrogen-bond acceptors (Lipinski definition) is 5. The van der Waals surface area contributed by atoms with Gasteiger partial charge in [0.25, 0.3) is 15.9 Å². The van der Waals surface area contributed by atoms with Crippen molar-refractivity contribution in [2.24, 2.45) is 0 Å². The zero-order valence-electron chi connectivity index (χ0n) is 15.9. The Morgan fingerprint density at radius 2 is 1.55 bits per heavy atom. The van der Waals surface area contributed by atoms with E-state index in [1.54, 1.807) is 24.3 Å². The lowest BCUT2D eigenvalue weighted by atomic mass is 10.1. The standard InChI is InChI=1S/C21H16F2N2O5S/c22-13-9-14(23)11-16(10-13)31(27,28)25-18-4-2-1-3-17(18)21(26)24-15-5-6-19-20(12-15)30-8-7-29-19/h1-6,9-12,25H,7-8H2,(H,24,26). The van der Waals surface area contributed by atoms with Gasteiger partial charge in [0.1, 0.15) is 24.8 Å². The molecule has 3 aromatic rings. The van der Waals surface area contributed by atoms with E-state index in [0.717, 1.165) is 0 Å². The summed E-state index contributed by atoms with van der Waals surface area (Å²) in [5.74, 6) is -1.64. The van der Waals surface area contributed by atoms with Gasteiger partial charge in [-0.15, -0.1) is 0 Å². The number of benzene rings is 3. The molecule has 1 aliphatic rings. The minimum Gasteiger partial charge on any atom is -0.486 e. The Hall–Kier alpha value is -3.66. The average Bonchev–Trinajstić information content (AvgIpc) is 2.73. The van der Waals surface area contributed by atoms with Gasteiger partial charge in [-0.05, 0) is 36.4 Å². The van der Waals surface area contributed by atoms with Crippen molar-refractivity contribution in [3.63, 3.8) is 0 Å². The fraction of sp³-hybridized carbons (Fsp3) is 0.0952. The Labute approximate surface area is 176 Å². The summed E-state index contributed by atoms with van der Waals surface area (Å²) in [5, 5.41) is 2.66. The summed E-state index contributed by atoms with van der Waals surface area (Å²) in [5.41, 5.74) is 0.374. The molecule has 4 rings (SSSR count). The van der Waals surface area contributed by atoms with Gasteiger partial charge in [-0.1, -0.05) is 12.1 Å². The fourth-order valence-electron chi connectivity index (χ4n) is 2.98. The van der Waals surface area contributed by atoms with Crippen molar-refractivity contribution in [3.05, 3.63) is 77.9 Å². The summed E-state index contributed by atoms with van der Waals surface area (Å²) in [6.45, 7) is 0.817. The van der Waals surface area contributed by atoms with Crippen LogP contribution in [0.2, 0.25) is 0 Å². The van der Waals surface area contributed by atoms with Crippen LogP contribution >= 0.6 is 0 Å². The van der Waals surface area contributed by atoms with Gasteiger partial charge in [0.15, 0.2) is 11.5 Å². The Morgan fingerprint density at radius 1 is 0.871 bits per heavy atom. The van der Waals surface area contributed by atoms with Crippen molar-refractivity contribution in [2.45, 2.75) is 4.90 Å². The molecule has 160 valence electrons. The number of anilines is 2. The van der Waals surface area contributed by atoms with Gasteiger partial charge >= 0.3 is 0 Å². The SMILES string of the molecule is O=C(Nc1ccc2c(c1)OCCO2)c1ccccc1NS(=O)(=O)c1cc(F)cc(F)c1. The van der Waals surface area contributed by atoms with E-state index in [-0.39, 0.29) is 11.3 Å². The summed E-state index contributed by atoms with van der Waals surface area (Å²) < 4.78 is 65.2. The number of sulfonamides is 1. The molecule has 10 heteroatoms. The van der Waals surface area contributed by atoms with Crippen LogP contribution in [-0.4, -0.2) is 27.5 Å². The molecule has 0 aliphatic carbocycles. The third-order valence-corrected chi connectivity index (χ3v) is 5.71. The van der Waals surface area contributed by atoms with Gasteiger partial charge in [0.2, 0.25) is 0 Å². The van der Waals surface area contributed by atoms with Gasteiger partial charge < -0.3 is 14.8 Å². The first-order chi connectivity index (χ1) is 14.8. The number of nitrogens with one attached hydrogen (secondary N) is 2. The molecule has 7 nitrogen and oxygen atoms in total. The normalized spacial score (nSPS) is 12.8. The Kier molecular flexibility index (Phi) is 5.47. The number of ether oxygens (including phenoxy) is 2. The van der Waals surface area contributed by atoms with Crippen molar-refractivity contribution in [1.82, 2.24) is 0 Å². The molecule has 0 saturated heterocycles. The van der Waals surface area contributed by atoms with Crippen LogP contribution in [0.25, 0.3) is 0 Å². The monoisotopic (exact) mass is 446 g/mol. The summed E-state index contributed by atoms with van der Waals surface area (Å²) in [4.78, 5) is 12.2. The highest BCUT2D eigenvalue weighted by atomic mass is 32.2. The number of carbonyl (C=O) groups excluding carboxylic acids is 1. The van der Waals surface area contributed by atoms with E-state index in [1.807, 2.05) is 0 Å². The van der Waals surface area contributed by atoms with E-state index in [1.165, 1.54) is 18.2 Å². The number of carbonyl (C=O) groups is 1. The minimum atomic E-state index is -4.35. The number of para-hydroxylation sites is 1. The number of rotatable bonds is 5. The lowest BCUT2D eigenvalue weighted by molar-refractivity contribution is 0.102. The number of amides is 1. The van der Waals surface area contributed by atoms with Crippen LogP contribution in [0.1, 0.15) is 10.4 Å². The fourth-order valence-corrected chi connectivity index (χ4v) is 4.10. The predicted molar refractivity (Wildman–Crippen MR) is 109 cm³/mol. The van der Waals surface area contributed by atoms with E-state index in [4.69, 9.17) is 9.47 Å². The van der Waals surface area contributed by atoms with Crippen LogP contribution in [0.3, 0.4) is 0 Å². The highest BCUT2D eigenvalue weighted by molar-refractivity contribution is 7.92. The quantitative estimate of drug-likeness (QED) is 0.622. The van der Waals surface area contributed by atoms with E-state index < -0.39 is 32.5 Å². The van der Waals surface area contributed by atoms with Crippen molar-refractivity contribution in [3.8, 4) is 11.5 Å². The molecule has 0 fully saturated rings. The third kappa shape index (κ3) is 4.58.